The summed E-state index contributed by atoms with van der Waals surface area (Å²) in [5.74, 6) is 1.21. The van der Waals surface area contributed by atoms with Crippen LogP contribution in [0.4, 0.5) is 0 Å². The van der Waals surface area contributed by atoms with E-state index in [1.165, 1.54) is 0 Å². The minimum Gasteiger partial charge on any atom is -0.508 e. The van der Waals surface area contributed by atoms with Crippen molar-refractivity contribution in [3.05, 3.63) is 24.3 Å². The molecule has 1 aromatic carbocycles. The van der Waals surface area contributed by atoms with Crippen molar-refractivity contribution in [2.75, 3.05) is 25.5 Å². The summed E-state index contributed by atoms with van der Waals surface area (Å²) in [6, 6.07) is 7.15. The first-order valence-corrected chi connectivity index (χ1v) is 5.51. The molecular formula is C10H15NO2S. The third kappa shape index (κ3) is 4.50. The maximum atomic E-state index is 9.05. The van der Waals surface area contributed by atoms with Crippen LogP contribution in [0.2, 0.25) is 0 Å². The molecule has 1 aromatic rings. The first-order valence-electron chi connectivity index (χ1n) is 4.52. The summed E-state index contributed by atoms with van der Waals surface area (Å²) >= 11 is 1.70. The van der Waals surface area contributed by atoms with Gasteiger partial charge in [0, 0.05) is 17.2 Å². The van der Waals surface area contributed by atoms with Gasteiger partial charge in [0.1, 0.15) is 5.75 Å². The van der Waals surface area contributed by atoms with Gasteiger partial charge in [-0.25, -0.2) is 0 Å². The summed E-state index contributed by atoms with van der Waals surface area (Å²) in [4.78, 5) is 1.14. The first-order chi connectivity index (χ1) is 6.83. The van der Waals surface area contributed by atoms with Crippen molar-refractivity contribution in [3.8, 4) is 5.75 Å². The lowest BCUT2D eigenvalue weighted by molar-refractivity contribution is 0.158. The van der Waals surface area contributed by atoms with E-state index in [0.29, 0.717) is 25.5 Å². The molecule has 0 saturated carbocycles. The topological polar surface area (TPSA) is 55.5 Å². The molecule has 0 bridgehead atoms. The molecule has 0 aromatic heterocycles. The van der Waals surface area contributed by atoms with Crippen LogP contribution in [0.3, 0.4) is 0 Å². The van der Waals surface area contributed by atoms with Crippen LogP contribution in [-0.2, 0) is 4.74 Å². The summed E-state index contributed by atoms with van der Waals surface area (Å²) in [5, 5.41) is 9.05. The van der Waals surface area contributed by atoms with Crippen LogP contribution in [0, 0.1) is 0 Å². The molecule has 0 atom stereocenters. The van der Waals surface area contributed by atoms with E-state index in [1.54, 1.807) is 23.9 Å². The number of phenols is 1. The van der Waals surface area contributed by atoms with Crippen LogP contribution in [-0.4, -0.2) is 30.6 Å². The van der Waals surface area contributed by atoms with Crippen molar-refractivity contribution >= 4 is 11.8 Å². The van der Waals surface area contributed by atoms with Crippen LogP contribution in [0.1, 0.15) is 0 Å². The number of hydrogen-bond acceptors (Lipinski definition) is 4. The van der Waals surface area contributed by atoms with Crippen molar-refractivity contribution in [2.45, 2.75) is 4.90 Å². The Balaban J connectivity index is 2.15. The summed E-state index contributed by atoms with van der Waals surface area (Å²) in [6.07, 6.45) is 0. The first kappa shape index (κ1) is 11.4. The molecule has 0 saturated heterocycles. The fraction of sp³-hybridized carbons (Fsp3) is 0.400. The fourth-order valence-electron chi connectivity index (χ4n) is 0.946. The standard InChI is InChI=1S/C10H15NO2S/c11-5-6-13-7-8-14-10-3-1-9(12)2-4-10/h1-4,12H,5-8,11H2. The van der Waals surface area contributed by atoms with E-state index in [-0.39, 0.29) is 0 Å². The third-order valence-corrected chi connectivity index (χ3v) is 2.57. The average molecular weight is 213 g/mol. The number of aromatic hydroxyl groups is 1. The van der Waals surface area contributed by atoms with Gasteiger partial charge in [0.15, 0.2) is 0 Å². The van der Waals surface area contributed by atoms with Crippen LogP contribution in [0.5, 0.6) is 5.75 Å². The maximum Gasteiger partial charge on any atom is 0.115 e. The van der Waals surface area contributed by atoms with Crippen molar-refractivity contribution in [2.24, 2.45) is 5.73 Å². The minimum atomic E-state index is 0.300. The molecule has 4 heteroatoms. The molecule has 1 rings (SSSR count). The van der Waals surface area contributed by atoms with E-state index in [1.807, 2.05) is 12.1 Å². The Morgan fingerprint density at radius 1 is 1.21 bits per heavy atom. The van der Waals surface area contributed by atoms with Gasteiger partial charge in [-0.2, -0.15) is 0 Å². The van der Waals surface area contributed by atoms with Gasteiger partial charge in [-0.05, 0) is 24.3 Å². The Hall–Kier alpha value is -0.710. The summed E-state index contributed by atoms with van der Waals surface area (Å²) in [5.41, 5.74) is 5.28. The van der Waals surface area contributed by atoms with Crippen LogP contribution in [0.25, 0.3) is 0 Å². The van der Waals surface area contributed by atoms with E-state index in [9.17, 15) is 0 Å². The molecule has 0 heterocycles. The maximum absolute atomic E-state index is 9.05. The number of nitrogens with two attached hydrogens (primary N) is 1. The van der Waals surface area contributed by atoms with Crippen molar-refractivity contribution in [3.63, 3.8) is 0 Å². The second-order valence-corrected chi connectivity index (χ2v) is 3.91. The number of phenolic OH excluding ortho intramolecular Hbond substituents is 1. The number of benzene rings is 1. The molecule has 0 radical (unpaired) electrons. The van der Waals surface area contributed by atoms with E-state index in [0.717, 1.165) is 10.6 Å². The fourth-order valence-corrected chi connectivity index (χ4v) is 1.71. The largest absolute Gasteiger partial charge is 0.508 e. The molecule has 3 nitrogen and oxygen atoms in total. The SMILES string of the molecule is NCCOCCSc1ccc(O)cc1. The molecule has 3 N–H and O–H groups in total. The number of ether oxygens (including phenoxy) is 1. The molecule has 14 heavy (non-hydrogen) atoms. The highest BCUT2D eigenvalue weighted by Gasteiger charge is 1.94. The zero-order valence-corrected chi connectivity index (χ0v) is 8.80. The van der Waals surface area contributed by atoms with Gasteiger partial charge in [-0.1, -0.05) is 0 Å². The molecule has 0 spiro atoms. The predicted octanol–water partition coefficient (Wildman–Crippen LogP) is 1.46. The van der Waals surface area contributed by atoms with E-state index in [2.05, 4.69) is 0 Å². The van der Waals surface area contributed by atoms with Gasteiger partial charge in [0.2, 0.25) is 0 Å². The van der Waals surface area contributed by atoms with Gasteiger partial charge < -0.3 is 15.6 Å². The van der Waals surface area contributed by atoms with Crippen molar-refractivity contribution in [1.82, 2.24) is 0 Å². The third-order valence-electron chi connectivity index (χ3n) is 1.60. The molecule has 0 aliphatic rings. The Morgan fingerprint density at radius 3 is 2.57 bits per heavy atom. The van der Waals surface area contributed by atoms with Gasteiger partial charge in [0.05, 0.1) is 13.2 Å². The zero-order chi connectivity index (χ0) is 10.2. The molecule has 0 amide bonds. The predicted molar refractivity (Wildman–Crippen MR) is 58.7 cm³/mol. The van der Waals surface area contributed by atoms with Crippen LogP contribution in [0.15, 0.2) is 29.2 Å². The van der Waals surface area contributed by atoms with E-state index < -0.39 is 0 Å². The van der Waals surface area contributed by atoms with Crippen molar-refractivity contribution < 1.29 is 9.84 Å². The molecule has 0 aliphatic carbocycles. The van der Waals surface area contributed by atoms with Gasteiger partial charge >= 0.3 is 0 Å². The lowest BCUT2D eigenvalue weighted by Crippen LogP contribution is -2.09. The van der Waals surface area contributed by atoms with Crippen molar-refractivity contribution in [1.29, 1.82) is 0 Å². The summed E-state index contributed by atoms with van der Waals surface area (Å²) in [6.45, 7) is 1.91. The lowest BCUT2D eigenvalue weighted by Gasteiger charge is -2.02. The van der Waals surface area contributed by atoms with Gasteiger partial charge in [-0.3, -0.25) is 0 Å². The van der Waals surface area contributed by atoms with Crippen LogP contribution >= 0.6 is 11.8 Å². The van der Waals surface area contributed by atoms with E-state index in [4.69, 9.17) is 15.6 Å². The number of hydrogen-bond donors (Lipinski definition) is 2. The molecule has 0 fully saturated rings. The van der Waals surface area contributed by atoms with Gasteiger partial charge in [0.25, 0.3) is 0 Å². The Morgan fingerprint density at radius 2 is 1.93 bits per heavy atom. The Kier molecular flexibility index (Phi) is 5.44. The highest BCUT2D eigenvalue weighted by atomic mass is 32.2. The monoisotopic (exact) mass is 213 g/mol. The highest BCUT2D eigenvalue weighted by Crippen LogP contribution is 2.20. The quantitative estimate of drug-likeness (QED) is 0.555. The highest BCUT2D eigenvalue weighted by molar-refractivity contribution is 7.99. The van der Waals surface area contributed by atoms with E-state index >= 15 is 0 Å². The normalized spacial score (nSPS) is 10.4. The second kappa shape index (κ2) is 6.70. The lowest BCUT2D eigenvalue weighted by atomic mass is 10.3. The minimum absolute atomic E-state index is 0.300. The summed E-state index contributed by atoms with van der Waals surface area (Å²) < 4.78 is 5.23. The van der Waals surface area contributed by atoms with Crippen LogP contribution < -0.4 is 5.73 Å². The summed E-state index contributed by atoms with van der Waals surface area (Å²) in [7, 11) is 0. The number of thioether (sulfide) groups is 1. The molecule has 0 unspecified atom stereocenters. The molecule has 0 aliphatic heterocycles. The number of rotatable bonds is 6. The molecule has 78 valence electrons. The second-order valence-electron chi connectivity index (χ2n) is 2.74. The Labute approximate surface area is 88.3 Å². The van der Waals surface area contributed by atoms with Gasteiger partial charge in [-0.15, -0.1) is 11.8 Å². The molecular weight excluding hydrogens is 198 g/mol. The zero-order valence-electron chi connectivity index (χ0n) is 7.98. The average Bonchev–Trinajstić information content (AvgIpc) is 2.21. The Bertz CT molecular complexity index is 251. The smallest absolute Gasteiger partial charge is 0.115 e.